The summed E-state index contributed by atoms with van der Waals surface area (Å²) in [6.45, 7) is 8.64. The first kappa shape index (κ1) is 20.0. The summed E-state index contributed by atoms with van der Waals surface area (Å²) in [7, 11) is -1.25. The van der Waals surface area contributed by atoms with Crippen molar-refractivity contribution in [2.75, 3.05) is 6.61 Å². The number of benzene rings is 1. The first-order valence-electron chi connectivity index (χ1n) is 8.11. The van der Waals surface area contributed by atoms with Gasteiger partial charge in [0.05, 0.1) is 11.5 Å². The van der Waals surface area contributed by atoms with Crippen LogP contribution in [0.25, 0.3) is 0 Å². The van der Waals surface area contributed by atoms with Gasteiger partial charge in [0.2, 0.25) is 0 Å². The highest BCUT2D eigenvalue weighted by Crippen LogP contribution is 2.22. The molecule has 0 aliphatic rings. The van der Waals surface area contributed by atoms with E-state index in [4.69, 9.17) is 4.74 Å². The summed E-state index contributed by atoms with van der Waals surface area (Å²) in [5.41, 5.74) is 0.213. The van der Waals surface area contributed by atoms with Gasteiger partial charge in [-0.25, -0.2) is 0 Å². The molecule has 0 aliphatic heterocycles. The lowest BCUT2D eigenvalue weighted by atomic mass is 9.93. The number of nitrogens with zero attached hydrogens (tertiary/aromatic N) is 1. The van der Waals surface area contributed by atoms with Crippen LogP contribution in [0.1, 0.15) is 30.1 Å². The van der Waals surface area contributed by atoms with E-state index in [2.05, 4.69) is 19.6 Å². The second-order valence-corrected chi connectivity index (χ2v) is 12.5. The molecule has 0 spiro atoms. The zero-order valence-electron chi connectivity index (χ0n) is 14.7. The lowest BCUT2D eigenvalue weighted by Crippen LogP contribution is -2.27. The summed E-state index contributed by atoms with van der Waals surface area (Å²) in [4.78, 5) is 35.0. The number of esters is 1. The first-order chi connectivity index (χ1) is 11.2. The lowest BCUT2D eigenvalue weighted by Gasteiger charge is -2.18. The van der Waals surface area contributed by atoms with Crippen LogP contribution >= 0.6 is 0 Å². The van der Waals surface area contributed by atoms with Crippen LogP contribution in [0.3, 0.4) is 0 Å². The summed E-state index contributed by atoms with van der Waals surface area (Å²) in [5.74, 6) is -1.70. The number of non-ortho nitro benzene ring substituents is 1. The predicted octanol–water partition coefficient (Wildman–Crippen LogP) is 4.08. The predicted molar refractivity (Wildman–Crippen MR) is 94.9 cm³/mol. The maximum atomic E-state index is 12.6. The average molecular weight is 351 g/mol. The molecule has 0 fully saturated rings. The summed E-state index contributed by atoms with van der Waals surface area (Å²) < 4.78 is 5.03. The molecule has 0 amide bonds. The second-order valence-electron chi connectivity index (χ2n) is 6.93. The second kappa shape index (κ2) is 8.72. The van der Waals surface area contributed by atoms with Crippen molar-refractivity contribution >= 4 is 25.5 Å². The Hall–Kier alpha value is -2.02. The highest BCUT2D eigenvalue weighted by Gasteiger charge is 2.29. The van der Waals surface area contributed by atoms with Crippen molar-refractivity contribution in [2.24, 2.45) is 5.92 Å². The number of Topliss-reactive ketones (excluding diaryl/α,β-unsaturated/α-hetero) is 1. The third-order valence-electron chi connectivity index (χ3n) is 3.67. The SMILES string of the molecule is CCOC(=O)C(CCC[Si](C)(C)C)C(=O)c1ccc([N+](=O)[O-])cc1. The van der Waals surface area contributed by atoms with Crippen LogP contribution in [0.5, 0.6) is 0 Å². The third-order valence-corrected chi connectivity index (χ3v) is 5.52. The van der Waals surface area contributed by atoms with Gasteiger partial charge < -0.3 is 4.74 Å². The molecule has 6 nitrogen and oxygen atoms in total. The Kier molecular flexibility index (Phi) is 7.28. The standard InChI is InChI=1S/C17H25NO5Si/c1-5-23-17(20)15(7-6-12-24(2,3)4)16(19)13-8-10-14(11-9-13)18(21)22/h8-11,15H,5-7,12H2,1-4H3. The molecular formula is C17H25NO5Si. The van der Waals surface area contributed by atoms with Crippen LogP contribution < -0.4 is 0 Å². The number of carbonyl (C=O) groups excluding carboxylic acids is 2. The number of hydrogen-bond donors (Lipinski definition) is 0. The molecular weight excluding hydrogens is 326 g/mol. The van der Waals surface area contributed by atoms with E-state index in [0.29, 0.717) is 12.0 Å². The van der Waals surface area contributed by atoms with Gasteiger partial charge in [0.15, 0.2) is 5.78 Å². The van der Waals surface area contributed by atoms with Gasteiger partial charge in [-0.3, -0.25) is 19.7 Å². The smallest absolute Gasteiger partial charge is 0.316 e. The molecule has 0 radical (unpaired) electrons. The average Bonchev–Trinajstić information content (AvgIpc) is 2.50. The molecule has 1 unspecified atom stereocenters. The topological polar surface area (TPSA) is 86.5 Å². The highest BCUT2D eigenvalue weighted by molar-refractivity contribution is 6.76. The molecule has 7 heteroatoms. The van der Waals surface area contributed by atoms with Crippen LogP contribution in [-0.4, -0.2) is 31.4 Å². The van der Waals surface area contributed by atoms with E-state index in [-0.39, 0.29) is 18.1 Å². The fourth-order valence-corrected chi connectivity index (χ4v) is 3.65. The van der Waals surface area contributed by atoms with Crippen LogP contribution in [0.2, 0.25) is 25.7 Å². The number of rotatable bonds is 9. The lowest BCUT2D eigenvalue weighted by molar-refractivity contribution is -0.384. The molecule has 24 heavy (non-hydrogen) atoms. The van der Waals surface area contributed by atoms with Crippen LogP contribution in [0.15, 0.2) is 24.3 Å². The van der Waals surface area contributed by atoms with Gasteiger partial charge in [0, 0.05) is 25.8 Å². The van der Waals surface area contributed by atoms with Gasteiger partial charge in [0.1, 0.15) is 5.92 Å². The van der Waals surface area contributed by atoms with E-state index >= 15 is 0 Å². The van der Waals surface area contributed by atoms with Gasteiger partial charge in [0.25, 0.3) is 5.69 Å². The molecule has 0 aliphatic carbocycles. The van der Waals surface area contributed by atoms with E-state index in [1.807, 2.05) is 0 Å². The zero-order chi connectivity index (χ0) is 18.3. The van der Waals surface area contributed by atoms with Crippen LogP contribution in [-0.2, 0) is 9.53 Å². The van der Waals surface area contributed by atoms with E-state index in [9.17, 15) is 19.7 Å². The van der Waals surface area contributed by atoms with E-state index < -0.39 is 24.9 Å². The number of hydrogen-bond acceptors (Lipinski definition) is 5. The normalized spacial score (nSPS) is 12.5. The summed E-state index contributed by atoms with van der Waals surface area (Å²) in [5, 5.41) is 10.7. The van der Waals surface area contributed by atoms with Crippen molar-refractivity contribution in [2.45, 2.75) is 45.5 Å². The Morgan fingerprint density at radius 1 is 1.21 bits per heavy atom. The minimum absolute atomic E-state index is 0.0852. The molecule has 1 rings (SSSR count). The number of ketones is 1. The maximum absolute atomic E-state index is 12.6. The molecule has 0 bridgehead atoms. The minimum Gasteiger partial charge on any atom is -0.465 e. The number of ether oxygens (including phenoxy) is 1. The van der Waals surface area contributed by atoms with Gasteiger partial charge >= 0.3 is 5.97 Å². The van der Waals surface area contributed by atoms with Crippen molar-refractivity contribution in [3.05, 3.63) is 39.9 Å². The summed E-state index contributed by atoms with van der Waals surface area (Å²) in [6.07, 6.45) is 1.23. The zero-order valence-corrected chi connectivity index (χ0v) is 15.7. The molecule has 0 aromatic heterocycles. The van der Waals surface area contributed by atoms with E-state index in [0.717, 1.165) is 12.5 Å². The monoisotopic (exact) mass is 351 g/mol. The van der Waals surface area contributed by atoms with E-state index in [1.165, 1.54) is 24.3 Å². The minimum atomic E-state index is -1.25. The third kappa shape index (κ3) is 6.23. The van der Waals surface area contributed by atoms with Gasteiger partial charge in [-0.2, -0.15) is 0 Å². The Labute approximate surface area is 143 Å². The maximum Gasteiger partial charge on any atom is 0.316 e. The summed E-state index contributed by atoms with van der Waals surface area (Å²) in [6, 6.07) is 6.36. The number of nitro benzene ring substituents is 1. The summed E-state index contributed by atoms with van der Waals surface area (Å²) >= 11 is 0. The number of carbonyl (C=O) groups is 2. The van der Waals surface area contributed by atoms with Gasteiger partial charge in [-0.05, 0) is 25.5 Å². The molecule has 132 valence electrons. The molecule has 1 aromatic carbocycles. The molecule has 0 heterocycles. The largest absolute Gasteiger partial charge is 0.465 e. The Bertz CT molecular complexity index is 592. The molecule has 1 atom stereocenters. The number of nitro groups is 1. The van der Waals surface area contributed by atoms with Crippen molar-refractivity contribution < 1.29 is 19.2 Å². The first-order valence-corrected chi connectivity index (χ1v) is 11.8. The fraction of sp³-hybridized carbons (Fsp3) is 0.529. The molecule has 0 saturated heterocycles. The van der Waals surface area contributed by atoms with Crippen molar-refractivity contribution in [1.82, 2.24) is 0 Å². The van der Waals surface area contributed by atoms with Crippen molar-refractivity contribution in [3.8, 4) is 0 Å². The van der Waals surface area contributed by atoms with Gasteiger partial charge in [-0.1, -0.05) is 32.1 Å². The molecule has 1 aromatic rings. The van der Waals surface area contributed by atoms with Crippen molar-refractivity contribution in [3.63, 3.8) is 0 Å². The van der Waals surface area contributed by atoms with Crippen LogP contribution in [0, 0.1) is 16.0 Å². The van der Waals surface area contributed by atoms with Crippen LogP contribution in [0.4, 0.5) is 5.69 Å². The fourth-order valence-electron chi connectivity index (χ4n) is 2.38. The quantitative estimate of drug-likeness (QED) is 0.167. The molecule has 0 N–H and O–H groups in total. The Morgan fingerprint density at radius 3 is 2.25 bits per heavy atom. The Balaban J connectivity index is 2.89. The highest BCUT2D eigenvalue weighted by atomic mass is 28.3. The van der Waals surface area contributed by atoms with Gasteiger partial charge in [-0.15, -0.1) is 0 Å². The van der Waals surface area contributed by atoms with Crippen molar-refractivity contribution in [1.29, 1.82) is 0 Å². The Morgan fingerprint density at radius 2 is 1.79 bits per heavy atom. The van der Waals surface area contributed by atoms with E-state index in [1.54, 1.807) is 6.92 Å². The molecule has 0 saturated carbocycles.